The average molecular weight is 354 g/mol. The molecule has 1 atom stereocenters. The van der Waals surface area contributed by atoms with Gasteiger partial charge >= 0.3 is 0 Å². The second-order valence-electron chi connectivity index (χ2n) is 6.72. The van der Waals surface area contributed by atoms with Crippen LogP contribution in [-0.2, 0) is 6.42 Å². The predicted octanol–water partition coefficient (Wildman–Crippen LogP) is 3.44. The third-order valence-electron chi connectivity index (χ3n) is 4.79. The first-order valence-electron chi connectivity index (χ1n) is 9.38. The van der Waals surface area contributed by atoms with Crippen LogP contribution in [0.25, 0.3) is 0 Å². The minimum absolute atomic E-state index is 0.0134. The summed E-state index contributed by atoms with van der Waals surface area (Å²) in [5.41, 5.74) is 3.09. The maximum Gasteiger partial charge on any atom is 0.251 e. The van der Waals surface area contributed by atoms with Crippen LogP contribution in [0.2, 0.25) is 0 Å². The molecule has 26 heavy (non-hydrogen) atoms. The Morgan fingerprint density at radius 1 is 0.962 bits per heavy atom. The first-order chi connectivity index (χ1) is 12.5. The van der Waals surface area contributed by atoms with Crippen molar-refractivity contribution in [3.05, 3.63) is 65.7 Å². The van der Waals surface area contributed by atoms with Crippen molar-refractivity contribution in [2.45, 2.75) is 26.3 Å². The summed E-state index contributed by atoms with van der Waals surface area (Å²) < 4.78 is 0. The molecule has 0 bridgehead atoms. The number of rotatable bonds is 9. The van der Waals surface area contributed by atoms with E-state index in [0.717, 1.165) is 25.2 Å². The number of nitrogens with zero attached hydrogens (tertiary/aromatic N) is 2. The van der Waals surface area contributed by atoms with Crippen LogP contribution in [0, 0.1) is 0 Å². The Kier molecular flexibility index (Phi) is 7.67. The lowest BCUT2D eigenvalue weighted by Gasteiger charge is -2.30. The lowest BCUT2D eigenvalue weighted by atomic mass is 10.0. The fraction of sp³-hybridized carbons (Fsp3) is 0.409. The molecule has 4 heteroatoms. The van der Waals surface area contributed by atoms with E-state index in [1.807, 2.05) is 49.3 Å². The molecule has 0 aromatic heterocycles. The van der Waals surface area contributed by atoms with Gasteiger partial charge in [-0.1, -0.05) is 44.2 Å². The summed E-state index contributed by atoms with van der Waals surface area (Å²) in [6.07, 6.45) is 0.933. The molecule has 2 aromatic carbocycles. The first kappa shape index (κ1) is 20.0. The van der Waals surface area contributed by atoms with Gasteiger partial charge in [0.1, 0.15) is 0 Å². The third kappa shape index (κ3) is 5.60. The fourth-order valence-electron chi connectivity index (χ4n) is 3.18. The van der Waals surface area contributed by atoms with Crippen molar-refractivity contribution in [1.82, 2.24) is 10.2 Å². The summed E-state index contributed by atoms with van der Waals surface area (Å²) in [6.45, 7) is 6.93. The van der Waals surface area contributed by atoms with E-state index in [2.05, 4.69) is 48.3 Å². The summed E-state index contributed by atoms with van der Waals surface area (Å²) in [4.78, 5) is 17.0. The van der Waals surface area contributed by atoms with Crippen LogP contribution >= 0.6 is 0 Å². The summed E-state index contributed by atoms with van der Waals surface area (Å²) in [7, 11) is 3.99. The van der Waals surface area contributed by atoms with Gasteiger partial charge in [-0.15, -0.1) is 0 Å². The molecule has 2 aromatic rings. The SMILES string of the molecule is CCN(CC)C(CNC(=O)c1ccc(N(C)C)cc1)Cc1ccccc1. The molecule has 0 heterocycles. The fourth-order valence-corrected chi connectivity index (χ4v) is 3.18. The van der Waals surface area contributed by atoms with Crippen molar-refractivity contribution in [2.75, 3.05) is 38.6 Å². The molecule has 0 aliphatic carbocycles. The molecule has 0 spiro atoms. The Hall–Kier alpha value is -2.33. The zero-order chi connectivity index (χ0) is 18.9. The average Bonchev–Trinajstić information content (AvgIpc) is 2.67. The van der Waals surface area contributed by atoms with Gasteiger partial charge in [-0.3, -0.25) is 9.69 Å². The van der Waals surface area contributed by atoms with Gasteiger partial charge in [0, 0.05) is 37.9 Å². The Morgan fingerprint density at radius 3 is 2.12 bits per heavy atom. The van der Waals surface area contributed by atoms with Crippen LogP contribution in [0.15, 0.2) is 54.6 Å². The van der Waals surface area contributed by atoms with Crippen LogP contribution < -0.4 is 10.2 Å². The number of nitrogens with one attached hydrogen (secondary N) is 1. The monoisotopic (exact) mass is 353 g/mol. The maximum absolute atomic E-state index is 12.5. The van der Waals surface area contributed by atoms with Crippen molar-refractivity contribution in [3.63, 3.8) is 0 Å². The molecular weight excluding hydrogens is 322 g/mol. The van der Waals surface area contributed by atoms with Crippen LogP contribution in [0.1, 0.15) is 29.8 Å². The normalized spacial score (nSPS) is 12.0. The molecule has 4 nitrogen and oxygen atoms in total. The van der Waals surface area contributed by atoms with Gasteiger partial charge in [-0.2, -0.15) is 0 Å². The van der Waals surface area contributed by atoms with E-state index >= 15 is 0 Å². The van der Waals surface area contributed by atoms with Crippen molar-refractivity contribution < 1.29 is 4.79 Å². The lowest BCUT2D eigenvalue weighted by molar-refractivity contribution is 0.0934. The molecule has 0 saturated heterocycles. The Bertz CT molecular complexity index is 664. The number of carbonyl (C=O) groups is 1. The first-order valence-corrected chi connectivity index (χ1v) is 9.38. The van der Waals surface area contributed by atoms with Gasteiger partial charge in [0.15, 0.2) is 0 Å². The van der Waals surface area contributed by atoms with Gasteiger partial charge in [-0.25, -0.2) is 0 Å². The van der Waals surface area contributed by atoms with Crippen molar-refractivity contribution >= 4 is 11.6 Å². The van der Waals surface area contributed by atoms with Crippen LogP contribution in [0.4, 0.5) is 5.69 Å². The second-order valence-corrected chi connectivity index (χ2v) is 6.72. The summed E-state index contributed by atoms with van der Waals surface area (Å²) in [5, 5.41) is 3.12. The molecular formula is C22H31N3O. The summed E-state index contributed by atoms with van der Waals surface area (Å²) in [5.74, 6) is -0.0134. The standard InChI is InChI=1S/C22H31N3O/c1-5-25(6-2)21(16-18-10-8-7-9-11-18)17-23-22(26)19-12-14-20(15-13-19)24(3)4/h7-15,21H,5-6,16-17H2,1-4H3,(H,23,26). The highest BCUT2D eigenvalue weighted by Gasteiger charge is 2.17. The molecule has 2 rings (SSSR count). The number of hydrogen-bond acceptors (Lipinski definition) is 3. The van der Waals surface area contributed by atoms with Gasteiger partial charge < -0.3 is 10.2 Å². The summed E-state index contributed by atoms with van der Waals surface area (Å²) >= 11 is 0. The van der Waals surface area contributed by atoms with Crippen LogP contribution in [0.3, 0.4) is 0 Å². The van der Waals surface area contributed by atoms with E-state index in [-0.39, 0.29) is 11.9 Å². The molecule has 0 fully saturated rings. The van der Waals surface area contributed by atoms with E-state index in [9.17, 15) is 4.79 Å². The Morgan fingerprint density at radius 2 is 1.58 bits per heavy atom. The number of amides is 1. The predicted molar refractivity (Wildman–Crippen MR) is 110 cm³/mol. The molecule has 1 N–H and O–H groups in total. The topological polar surface area (TPSA) is 35.6 Å². The molecule has 1 amide bonds. The minimum Gasteiger partial charge on any atom is -0.378 e. The van der Waals surface area contributed by atoms with Gasteiger partial charge in [0.2, 0.25) is 0 Å². The molecule has 140 valence electrons. The van der Waals surface area contributed by atoms with E-state index in [0.29, 0.717) is 12.1 Å². The third-order valence-corrected chi connectivity index (χ3v) is 4.79. The highest BCUT2D eigenvalue weighted by molar-refractivity contribution is 5.94. The molecule has 0 radical (unpaired) electrons. The van der Waals surface area contributed by atoms with Gasteiger partial charge in [-0.05, 0) is 49.3 Å². The molecule has 0 aliphatic heterocycles. The summed E-state index contributed by atoms with van der Waals surface area (Å²) in [6, 6.07) is 18.5. The van der Waals surface area contributed by atoms with Crippen molar-refractivity contribution in [2.24, 2.45) is 0 Å². The maximum atomic E-state index is 12.5. The largest absolute Gasteiger partial charge is 0.378 e. The minimum atomic E-state index is -0.0134. The zero-order valence-corrected chi connectivity index (χ0v) is 16.4. The lowest BCUT2D eigenvalue weighted by Crippen LogP contribution is -2.45. The quantitative estimate of drug-likeness (QED) is 0.750. The Balaban J connectivity index is 2.02. The number of carbonyl (C=O) groups excluding carboxylic acids is 1. The molecule has 0 saturated carbocycles. The molecule has 0 aliphatic rings. The number of likely N-dealkylation sites (N-methyl/N-ethyl adjacent to an activating group) is 1. The van der Waals surface area contributed by atoms with E-state index in [1.165, 1.54) is 5.56 Å². The Labute approximate surface area is 157 Å². The second kappa shape index (κ2) is 9.97. The van der Waals surface area contributed by atoms with Gasteiger partial charge in [0.05, 0.1) is 0 Å². The van der Waals surface area contributed by atoms with Crippen molar-refractivity contribution in [3.8, 4) is 0 Å². The zero-order valence-electron chi connectivity index (χ0n) is 16.4. The smallest absolute Gasteiger partial charge is 0.251 e. The number of anilines is 1. The highest BCUT2D eigenvalue weighted by atomic mass is 16.1. The highest BCUT2D eigenvalue weighted by Crippen LogP contribution is 2.13. The van der Waals surface area contributed by atoms with E-state index in [4.69, 9.17) is 0 Å². The number of benzene rings is 2. The van der Waals surface area contributed by atoms with E-state index in [1.54, 1.807) is 0 Å². The molecule has 1 unspecified atom stereocenters. The number of hydrogen-bond donors (Lipinski definition) is 1. The van der Waals surface area contributed by atoms with Crippen LogP contribution in [-0.4, -0.2) is 50.6 Å². The van der Waals surface area contributed by atoms with E-state index < -0.39 is 0 Å². The van der Waals surface area contributed by atoms with Gasteiger partial charge in [0.25, 0.3) is 5.91 Å². The van der Waals surface area contributed by atoms with Crippen molar-refractivity contribution in [1.29, 1.82) is 0 Å². The van der Waals surface area contributed by atoms with Crippen LogP contribution in [0.5, 0.6) is 0 Å².